The van der Waals surface area contributed by atoms with Crippen molar-refractivity contribution in [3.05, 3.63) is 30.3 Å². The van der Waals surface area contributed by atoms with Gasteiger partial charge < -0.3 is 16.8 Å². The number of rotatable bonds is 5. The molecule has 88 valence electrons. The maximum atomic E-state index is 5.33. The topological polar surface area (TPSA) is 76.4 Å². The Morgan fingerprint density at radius 2 is 1.88 bits per heavy atom. The van der Waals surface area contributed by atoms with E-state index in [-0.39, 0.29) is 12.0 Å². The van der Waals surface area contributed by atoms with Gasteiger partial charge in [-0.05, 0) is 18.1 Å². The van der Waals surface area contributed by atoms with E-state index in [1.54, 1.807) is 0 Å². The van der Waals surface area contributed by atoms with Crippen molar-refractivity contribution >= 4 is 11.6 Å². The number of hydrogen-bond acceptors (Lipinski definition) is 2. The standard InChI is InChI=1S/C12H20N4/c1-9(2)11(8-15-12(13)14)16-10-6-4-3-5-7-10/h3-7,9,11,16H,8H2,1-2H3,(H4,13,14,15). The molecule has 0 saturated heterocycles. The van der Waals surface area contributed by atoms with Gasteiger partial charge in [0.25, 0.3) is 0 Å². The zero-order valence-corrected chi connectivity index (χ0v) is 9.85. The molecule has 0 aliphatic carbocycles. The molecule has 1 unspecified atom stereocenters. The molecule has 0 fully saturated rings. The van der Waals surface area contributed by atoms with E-state index in [1.165, 1.54) is 0 Å². The summed E-state index contributed by atoms with van der Waals surface area (Å²) in [6.45, 7) is 4.88. The van der Waals surface area contributed by atoms with Crippen molar-refractivity contribution in [2.45, 2.75) is 19.9 Å². The number of hydrogen-bond donors (Lipinski definition) is 3. The largest absolute Gasteiger partial charge is 0.380 e. The van der Waals surface area contributed by atoms with E-state index in [0.717, 1.165) is 5.69 Å². The quantitative estimate of drug-likeness (QED) is 0.518. The Bertz CT molecular complexity index is 328. The molecule has 0 heterocycles. The van der Waals surface area contributed by atoms with Gasteiger partial charge in [0.05, 0.1) is 6.54 Å². The Kier molecular flexibility index (Phi) is 4.64. The van der Waals surface area contributed by atoms with Crippen LogP contribution in [0.1, 0.15) is 13.8 Å². The Labute approximate surface area is 96.7 Å². The highest BCUT2D eigenvalue weighted by molar-refractivity contribution is 5.75. The molecule has 4 heteroatoms. The van der Waals surface area contributed by atoms with E-state index in [4.69, 9.17) is 11.5 Å². The fraction of sp³-hybridized carbons (Fsp3) is 0.417. The number of para-hydroxylation sites is 1. The van der Waals surface area contributed by atoms with Crippen LogP contribution in [0.3, 0.4) is 0 Å². The van der Waals surface area contributed by atoms with Crippen LogP contribution < -0.4 is 16.8 Å². The van der Waals surface area contributed by atoms with Crippen molar-refractivity contribution in [2.75, 3.05) is 11.9 Å². The molecule has 0 bridgehead atoms. The van der Waals surface area contributed by atoms with E-state index >= 15 is 0 Å². The third-order valence-corrected chi connectivity index (χ3v) is 2.40. The van der Waals surface area contributed by atoms with Crippen LogP contribution in [0.25, 0.3) is 0 Å². The lowest BCUT2D eigenvalue weighted by Crippen LogP contribution is -2.31. The minimum absolute atomic E-state index is 0.139. The van der Waals surface area contributed by atoms with Crippen LogP contribution in [0.4, 0.5) is 5.69 Å². The molecule has 0 aliphatic heterocycles. The average Bonchev–Trinajstić information content (AvgIpc) is 2.25. The normalized spacial score (nSPS) is 12.2. The van der Waals surface area contributed by atoms with Gasteiger partial charge in [-0.2, -0.15) is 0 Å². The molecular weight excluding hydrogens is 200 g/mol. The summed E-state index contributed by atoms with van der Waals surface area (Å²) in [5, 5.41) is 3.42. The number of aliphatic imine (C=N–C) groups is 1. The van der Waals surface area contributed by atoms with Gasteiger partial charge in [0.15, 0.2) is 5.96 Å². The molecule has 0 radical (unpaired) electrons. The summed E-state index contributed by atoms with van der Waals surface area (Å²) < 4.78 is 0. The first-order valence-corrected chi connectivity index (χ1v) is 5.46. The number of guanidine groups is 1. The van der Waals surface area contributed by atoms with Gasteiger partial charge in [0.2, 0.25) is 0 Å². The first kappa shape index (κ1) is 12.4. The molecule has 1 rings (SSSR count). The highest BCUT2D eigenvalue weighted by Crippen LogP contribution is 2.12. The molecule has 1 aromatic rings. The summed E-state index contributed by atoms with van der Waals surface area (Å²) in [5.74, 6) is 0.601. The number of anilines is 1. The van der Waals surface area contributed by atoms with Crippen LogP contribution in [0.2, 0.25) is 0 Å². The molecular formula is C12H20N4. The predicted octanol–water partition coefficient (Wildman–Crippen LogP) is 1.40. The third-order valence-electron chi connectivity index (χ3n) is 2.40. The Morgan fingerprint density at radius 3 is 2.38 bits per heavy atom. The first-order valence-electron chi connectivity index (χ1n) is 5.46. The van der Waals surface area contributed by atoms with E-state index in [1.807, 2.05) is 30.3 Å². The number of nitrogens with zero attached hydrogens (tertiary/aromatic N) is 1. The zero-order valence-electron chi connectivity index (χ0n) is 9.85. The minimum atomic E-state index is 0.139. The van der Waals surface area contributed by atoms with Crippen LogP contribution in [-0.2, 0) is 0 Å². The van der Waals surface area contributed by atoms with Crippen molar-refractivity contribution in [1.82, 2.24) is 0 Å². The fourth-order valence-electron chi connectivity index (χ4n) is 1.38. The lowest BCUT2D eigenvalue weighted by Gasteiger charge is -2.21. The summed E-state index contributed by atoms with van der Waals surface area (Å²) in [4.78, 5) is 4.05. The van der Waals surface area contributed by atoms with E-state index in [0.29, 0.717) is 12.5 Å². The minimum Gasteiger partial charge on any atom is -0.380 e. The summed E-state index contributed by atoms with van der Waals surface area (Å²) in [5.41, 5.74) is 11.8. The van der Waals surface area contributed by atoms with E-state index in [2.05, 4.69) is 24.2 Å². The maximum absolute atomic E-state index is 5.33. The van der Waals surface area contributed by atoms with Gasteiger partial charge in [-0.25, -0.2) is 0 Å². The summed E-state index contributed by atoms with van der Waals surface area (Å²) >= 11 is 0. The molecule has 0 aliphatic rings. The highest BCUT2D eigenvalue weighted by atomic mass is 15.0. The van der Waals surface area contributed by atoms with Crippen molar-refractivity contribution in [1.29, 1.82) is 0 Å². The van der Waals surface area contributed by atoms with Gasteiger partial charge in [-0.15, -0.1) is 0 Å². The predicted molar refractivity (Wildman–Crippen MR) is 69.4 cm³/mol. The van der Waals surface area contributed by atoms with Gasteiger partial charge in [-0.3, -0.25) is 4.99 Å². The average molecular weight is 220 g/mol. The van der Waals surface area contributed by atoms with Crippen molar-refractivity contribution in [2.24, 2.45) is 22.4 Å². The second-order valence-corrected chi connectivity index (χ2v) is 4.13. The lowest BCUT2D eigenvalue weighted by atomic mass is 10.0. The summed E-state index contributed by atoms with van der Waals surface area (Å²) in [6.07, 6.45) is 0. The van der Waals surface area contributed by atoms with Gasteiger partial charge in [0.1, 0.15) is 0 Å². The van der Waals surface area contributed by atoms with Crippen molar-refractivity contribution in [3.8, 4) is 0 Å². The van der Waals surface area contributed by atoms with Crippen molar-refractivity contribution in [3.63, 3.8) is 0 Å². The number of nitrogens with one attached hydrogen (secondary N) is 1. The fourth-order valence-corrected chi connectivity index (χ4v) is 1.38. The van der Waals surface area contributed by atoms with Crippen LogP contribution >= 0.6 is 0 Å². The van der Waals surface area contributed by atoms with Gasteiger partial charge in [-0.1, -0.05) is 32.0 Å². The lowest BCUT2D eigenvalue weighted by molar-refractivity contribution is 0.532. The molecule has 1 atom stereocenters. The summed E-state index contributed by atoms with van der Waals surface area (Å²) in [7, 11) is 0. The van der Waals surface area contributed by atoms with Crippen LogP contribution in [0.15, 0.2) is 35.3 Å². The van der Waals surface area contributed by atoms with Crippen LogP contribution in [0, 0.1) is 5.92 Å². The molecule has 16 heavy (non-hydrogen) atoms. The van der Waals surface area contributed by atoms with Crippen LogP contribution in [0.5, 0.6) is 0 Å². The van der Waals surface area contributed by atoms with Gasteiger partial charge >= 0.3 is 0 Å². The Morgan fingerprint density at radius 1 is 1.25 bits per heavy atom. The Balaban J connectivity index is 2.62. The second kappa shape index (κ2) is 6.00. The third kappa shape index (κ3) is 4.21. The zero-order chi connectivity index (χ0) is 12.0. The van der Waals surface area contributed by atoms with Crippen molar-refractivity contribution < 1.29 is 0 Å². The molecule has 0 saturated carbocycles. The number of nitrogens with two attached hydrogens (primary N) is 2. The second-order valence-electron chi connectivity index (χ2n) is 4.13. The van der Waals surface area contributed by atoms with E-state index in [9.17, 15) is 0 Å². The Hall–Kier alpha value is -1.71. The molecule has 0 amide bonds. The SMILES string of the molecule is CC(C)C(CN=C(N)N)Nc1ccccc1. The summed E-state index contributed by atoms with van der Waals surface area (Å²) in [6, 6.07) is 10.3. The van der Waals surface area contributed by atoms with Crippen LogP contribution in [-0.4, -0.2) is 18.5 Å². The smallest absolute Gasteiger partial charge is 0.185 e. The molecule has 1 aromatic carbocycles. The van der Waals surface area contributed by atoms with Gasteiger partial charge in [0, 0.05) is 11.7 Å². The molecule has 4 nitrogen and oxygen atoms in total. The van der Waals surface area contributed by atoms with E-state index < -0.39 is 0 Å². The maximum Gasteiger partial charge on any atom is 0.185 e. The number of benzene rings is 1. The molecule has 0 spiro atoms. The molecule has 5 N–H and O–H groups in total. The highest BCUT2D eigenvalue weighted by Gasteiger charge is 2.12. The molecule has 0 aromatic heterocycles. The first-order chi connectivity index (χ1) is 7.59. The monoisotopic (exact) mass is 220 g/mol.